The van der Waals surface area contributed by atoms with Crippen molar-refractivity contribution in [1.29, 1.82) is 0 Å². The molecule has 272 valence electrons. The summed E-state index contributed by atoms with van der Waals surface area (Å²) in [6.45, 7) is 2.43. The van der Waals surface area contributed by atoms with Gasteiger partial charge in [0.05, 0.1) is 33.0 Å². The van der Waals surface area contributed by atoms with Crippen LogP contribution in [0.15, 0.2) is 82.3 Å². The minimum atomic E-state index is -1.47. The van der Waals surface area contributed by atoms with Crippen LogP contribution in [-0.4, -0.2) is 78.4 Å². The smallest absolute Gasteiger partial charge is 0.347 e. The van der Waals surface area contributed by atoms with E-state index in [9.17, 15) is 24.9 Å². The Bertz CT molecular complexity index is 2140. The van der Waals surface area contributed by atoms with Crippen molar-refractivity contribution in [3.63, 3.8) is 0 Å². The van der Waals surface area contributed by atoms with Gasteiger partial charge in [-0.05, 0) is 104 Å². The first-order chi connectivity index (χ1) is 25.2. The summed E-state index contributed by atoms with van der Waals surface area (Å²) in [5, 5.41) is 48.0. The Labute approximate surface area is 308 Å². The lowest BCUT2D eigenvalue weighted by atomic mass is 9.90. The molecule has 14 heteroatoms. The molecule has 1 fully saturated rings. The molecule has 0 unspecified atom stereocenters. The summed E-state index contributed by atoms with van der Waals surface area (Å²) in [6.07, 6.45) is 3.43. The second kappa shape index (κ2) is 15.7. The molecule has 2 aromatic carbocycles. The number of pyridine rings is 1. The molecule has 1 aliphatic rings. The number of fused-ring (bicyclic) bond motifs is 2. The number of nitrogens with zero attached hydrogens (tertiary/aromatic N) is 4. The number of aromatic nitrogens is 4. The predicted molar refractivity (Wildman–Crippen MR) is 202 cm³/mol. The number of nitrogens with one attached hydrogen (secondary N) is 2. The van der Waals surface area contributed by atoms with E-state index in [-0.39, 0.29) is 24.0 Å². The van der Waals surface area contributed by atoms with E-state index in [1.54, 1.807) is 12.1 Å². The molecule has 0 radical (unpaired) electrons. The average molecular weight is 743 g/mol. The van der Waals surface area contributed by atoms with Crippen molar-refractivity contribution in [3.05, 3.63) is 109 Å². The average Bonchev–Trinajstić information content (AvgIpc) is 3.95. The van der Waals surface area contributed by atoms with Crippen molar-refractivity contribution in [1.82, 2.24) is 30.2 Å². The molecule has 5 N–H and O–H groups in total. The first-order valence-electron chi connectivity index (χ1n) is 17.5. The van der Waals surface area contributed by atoms with Crippen LogP contribution in [0, 0.1) is 0 Å². The van der Waals surface area contributed by atoms with Crippen LogP contribution in [-0.2, 0) is 28.2 Å². The van der Waals surface area contributed by atoms with E-state index in [1.165, 1.54) is 34.8 Å². The molecule has 52 heavy (non-hydrogen) atoms. The van der Waals surface area contributed by atoms with Gasteiger partial charge in [-0.2, -0.15) is 0 Å². The van der Waals surface area contributed by atoms with E-state index in [2.05, 4.69) is 32.6 Å². The number of aliphatic carboxylic acids is 1. The summed E-state index contributed by atoms with van der Waals surface area (Å²) in [6, 6.07) is 20.1. The summed E-state index contributed by atoms with van der Waals surface area (Å²) >= 11 is 2.84. The number of hydrogen-bond donors (Lipinski definition) is 5. The summed E-state index contributed by atoms with van der Waals surface area (Å²) in [5.41, 5.74) is 1.92. The standard InChI is InChI=1S/C38H42N6O6S2/c1-43(25-8-10-26(11-9-25)50-38(37(48)49,33-5-2-19-51-33)34-6-3-20-52-34)17-4-18-44-30-14-7-24(21-29(30)41-42-44)22-39-23-32(46)27-12-15-31(45)36-28(27)13-16-35(47)40-36/h2-3,5-7,12-16,19-21,25-26,32,39,45-46H,4,8-11,17-18,22-23H2,1H3,(H,40,47)(H,48,49)/t25-,26-,32-/m0/s1. The van der Waals surface area contributed by atoms with Gasteiger partial charge in [-0.15, -0.1) is 27.8 Å². The maximum absolute atomic E-state index is 12.8. The normalized spacial score (nSPS) is 17.3. The van der Waals surface area contributed by atoms with Crippen molar-refractivity contribution >= 4 is 50.6 Å². The van der Waals surface area contributed by atoms with Crippen molar-refractivity contribution in [2.24, 2.45) is 0 Å². The maximum atomic E-state index is 12.8. The molecule has 1 aliphatic carbocycles. The number of H-pyrrole nitrogens is 1. The fourth-order valence-corrected chi connectivity index (χ4v) is 9.08. The van der Waals surface area contributed by atoms with Gasteiger partial charge in [0.25, 0.3) is 0 Å². The third kappa shape index (κ3) is 7.40. The number of carboxylic acid groups (broad SMARTS) is 1. The highest BCUT2D eigenvalue weighted by atomic mass is 32.1. The van der Waals surface area contributed by atoms with Crippen molar-refractivity contribution < 1.29 is 24.9 Å². The van der Waals surface area contributed by atoms with Crippen molar-refractivity contribution in [2.75, 3.05) is 20.1 Å². The molecular weight excluding hydrogens is 701 g/mol. The fraction of sp³-hybridized carbons (Fsp3) is 0.368. The number of thiophene rings is 2. The number of benzene rings is 2. The van der Waals surface area contributed by atoms with Crippen molar-refractivity contribution in [2.45, 2.75) is 69.0 Å². The number of aliphatic hydroxyl groups excluding tert-OH is 1. The lowest BCUT2D eigenvalue weighted by Crippen LogP contribution is -2.44. The summed E-state index contributed by atoms with van der Waals surface area (Å²) in [4.78, 5) is 30.9. The van der Waals surface area contributed by atoms with E-state index in [0.717, 1.165) is 61.8 Å². The lowest BCUT2D eigenvalue weighted by molar-refractivity contribution is -0.170. The number of phenolic OH excluding ortho intramolecular Hbond substituents is 1. The van der Waals surface area contributed by atoms with Crippen LogP contribution in [0.4, 0.5) is 0 Å². The molecule has 0 aliphatic heterocycles. The Balaban J connectivity index is 0.884. The molecular formula is C38H42N6O6S2. The minimum Gasteiger partial charge on any atom is -0.506 e. The van der Waals surface area contributed by atoms with E-state index >= 15 is 0 Å². The molecule has 7 rings (SSSR count). The first kappa shape index (κ1) is 35.9. The summed E-state index contributed by atoms with van der Waals surface area (Å²) < 4.78 is 8.50. The highest BCUT2D eigenvalue weighted by Gasteiger charge is 2.48. The number of carbonyl (C=O) groups is 1. The van der Waals surface area contributed by atoms with E-state index in [0.29, 0.717) is 38.8 Å². The van der Waals surface area contributed by atoms with Gasteiger partial charge in [0.1, 0.15) is 11.3 Å². The number of aromatic amines is 1. The highest BCUT2D eigenvalue weighted by molar-refractivity contribution is 7.12. The molecule has 0 amide bonds. The van der Waals surface area contributed by atoms with E-state index in [1.807, 2.05) is 57.9 Å². The van der Waals surface area contributed by atoms with Crippen LogP contribution < -0.4 is 10.9 Å². The molecule has 4 heterocycles. The quantitative estimate of drug-likeness (QED) is 0.0894. The number of ether oxygens (including phenoxy) is 1. The lowest BCUT2D eigenvalue weighted by Gasteiger charge is -2.38. The van der Waals surface area contributed by atoms with Crippen LogP contribution in [0.25, 0.3) is 21.9 Å². The third-order valence-electron chi connectivity index (χ3n) is 10.0. The molecule has 0 bridgehead atoms. The SMILES string of the molecule is CN(CCCn1nnc2cc(CNC[C@H](O)c3ccc(O)c4[nH]c(=O)ccc34)ccc21)[C@H]1CC[C@H](OC(C(=O)O)(c2cccs2)c2cccs2)CC1. The van der Waals surface area contributed by atoms with Crippen LogP contribution in [0.1, 0.15) is 59.1 Å². The molecule has 6 aromatic rings. The van der Waals surface area contributed by atoms with Gasteiger partial charge in [0, 0.05) is 37.1 Å². The molecule has 1 atom stereocenters. The number of phenols is 1. The third-order valence-corrected chi connectivity index (χ3v) is 12.0. The number of aromatic hydroxyl groups is 1. The van der Waals surface area contributed by atoms with Gasteiger partial charge in [0.15, 0.2) is 0 Å². The Morgan fingerprint density at radius 2 is 1.83 bits per heavy atom. The van der Waals surface area contributed by atoms with Crippen LogP contribution in [0.3, 0.4) is 0 Å². The largest absolute Gasteiger partial charge is 0.506 e. The maximum Gasteiger partial charge on any atom is 0.347 e. The van der Waals surface area contributed by atoms with Crippen LogP contribution >= 0.6 is 22.7 Å². The van der Waals surface area contributed by atoms with Crippen LogP contribution in [0.5, 0.6) is 5.75 Å². The van der Waals surface area contributed by atoms with Gasteiger partial charge in [-0.3, -0.25) is 4.79 Å². The van der Waals surface area contributed by atoms with E-state index < -0.39 is 17.7 Å². The van der Waals surface area contributed by atoms with Crippen LogP contribution in [0.2, 0.25) is 0 Å². The Morgan fingerprint density at radius 3 is 2.52 bits per heavy atom. The van der Waals surface area contributed by atoms with E-state index in [4.69, 9.17) is 4.74 Å². The van der Waals surface area contributed by atoms with Gasteiger partial charge in [0.2, 0.25) is 11.2 Å². The summed E-state index contributed by atoms with van der Waals surface area (Å²) in [7, 11) is 2.16. The molecule has 12 nitrogen and oxygen atoms in total. The fourth-order valence-electron chi connectivity index (χ4n) is 7.27. The molecule has 1 saturated carbocycles. The Kier molecular flexibility index (Phi) is 10.8. The zero-order valence-corrected chi connectivity index (χ0v) is 30.4. The zero-order valence-electron chi connectivity index (χ0n) is 28.8. The monoisotopic (exact) mass is 742 g/mol. The van der Waals surface area contributed by atoms with Gasteiger partial charge < -0.3 is 35.3 Å². The van der Waals surface area contributed by atoms with Crippen molar-refractivity contribution in [3.8, 4) is 5.75 Å². The number of aliphatic hydroxyl groups is 1. The van der Waals surface area contributed by atoms with Gasteiger partial charge in [-0.25, -0.2) is 9.48 Å². The van der Waals surface area contributed by atoms with Gasteiger partial charge in [-0.1, -0.05) is 29.5 Å². The minimum absolute atomic E-state index is 0.0409. The molecule has 4 aromatic heterocycles. The van der Waals surface area contributed by atoms with Gasteiger partial charge >= 0.3 is 5.97 Å². The topological polar surface area (TPSA) is 166 Å². The second-order valence-corrected chi connectivity index (χ2v) is 15.3. The first-order valence-corrected chi connectivity index (χ1v) is 19.2. The number of hydrogen-bond acceptors (Lipinski definition) is 11. The Morgan fingerprint density at radius 1 is 1.08 bits per heavy atom. The number of aryl methyl sites for hydroxylation is 1. The zero-order chi connectivity index (χ0) is 36.2. The number of carboxylic acids is 1. The second-order valence-electron chi connectivity index (χ2n) is 13.4. The summed E-state index contributed by atoms with van der Waals surface area (Å²) in [5.74, 6) is -1.01. The number of rotatable bonds is 15. The Hall–Kier alpha value is -4.44. The molecule has 0 saturated heterocycles. The highest BCUT2D eigenvalue weighted by Crippen LogP contribution is 2.42. The molecule has 0 spiro atoms. The predicted octanol–water partition coefficient (Wildman–Crippen LogP) is 5.60.